The summed E-state index contributed by atoms with van der Waals surface area (Å²) in [4.78, 5) is 46.4. The van der Waals surface area contributed by atoms with Crippen molar-refractivity contribution >= 4 is 34.7 Å². The van der Waals surface area contributed by atoms with Crippen molar-refractivity contribution in [3.8, 4) is 0 Å². The van der Waals surface area contributed by atoms with Gasteiger partial charge in [0.25, 0.3) is 5.91 Å². The first-order valence-electron chi connectivity index (χ1n) is 12.0. The maximum Gasteiger partial charge on any atom is 0.264 e. The molecule has 1 aromatic carbocycles. The van der Waals surface area contributed by atoms with Crippen LogP contribution in [0.5, 0.6) is 0 Å². The minimum Gasteiger partial charge on any atom is -0.383 e. The number of nitrogens with zero attached hydrogens (tertiary/aromatic N) is 4. The second-order valence-electron chi connectivity index (χ2n) is 9.22. The lowest BCUT2D eigenvalue weighted by Crippen LogP contribution is -2.60. The van der Waals surface area contributed by atoms with Gasteiger partial charge in [0.2, 0.25) is 11.8 Å². The van der Waals surface area contributed by atoms with Crippen molar-refractivity contribution in [2.24, 2.45) is 11.8 Å². The topological polar surface area (TPSA) is 85.4 Å². The highest BCUT2D eigenvalue weighted by Gasteiger charge is 2.51. The maximum absolute atomic E-state index is 13.8. The summed E-state index contributed by atoms with van der Waals surface area (Å²) >= 11 is 1.44. The lowest BCUT2D eigenvalue weighted by molar-refractivity contribution is -0.141. The van der Waals surface area contributed by atoms with Crippen molar-refractivity contribution in [1.29, 1.82) is 0 Å². The molecule has 3 aliphatic rings. The number of fused-ring (bicyclic) bond motifs is 1. The van der Waals surface area contributed by atoms with E-state index in [2.05, 4.69) is 10.3 Å². The number of nitrogens with one attached hydrogen (secondary N) is 1. The number of carbonyl (C=O) groups excluding carboxylic acids is 3. The molecule has 2 aromatic rings. The number of thiophene rings is 1. The van der Waals surface area contributed by atoms with E-state index in [9.17, 15) is 14.4 Å². The van der Waals surface area contributed by atoms with Gasteiger partial charge in [0.1, 0.15) is 0 Å². The van der Waals surface area contributed by atoms with Crippen LogP contribution in [0.2, 0.25) is 0 Å². The second-order valence-corrected chi connectivity index (χ2v) is 10.2. The number of methoxy groups -OCH3 is 1. The molecule has 10 heteroatoms. The van der Waals surface area contributed by atoms with Crippen LogP contribution in [0.4, 0.5) is 5.69 Å². The zero-order valence-electron chi connectivity index (χ0n) is 19.8. The number of hydrogen-bond donors (Lipinski definition) is 1. The number of benzene rings is 1. The van der Waals surface area contributed by atoms with Crippen LogP contribution in [0.15, 0.2) is 47.8 Å². The number of amides is 3. The van der Waals surface area contributed by atoms with Gasteiger partial charge in [-0.3, -0.25) is 19.3 Å². The Labute approximate surface area is 209 Å². The Morgan fingerprint density at radius 1 is 1.03 bits per heavy atom. The van der Waals surface area contributed by atoms with Gasteiger partial charge in [-0.25, -0.2) is 10.4 Å². The number of piperidine rings is 1. The molecule has 3 saturated heterocycles. The van der Waals surface area contributed by atoms with Gasteiger partial charge >= 0.3 is 0 Å². The zero-order valence-corrected chi connectivity index (χ0v) is 20.7. The summed E-state index contributed by atoms with van der Waals surface area (Å²) in [6.45, 7) is 4.41. The van der Waals surface area contributed by atoms with Crippen LogP contribution in [-0.2, 0) is 14.3 Å². The molecule has 1 N–H and O–H groups in total. The predicted molar refractivity (Wildman–Crippen MR) is 133 cm³/mol. The van der Waals surface area contributed by atoms with E-state index in [0.717, 1.165) is 10.6 Å². The summed E-state index contributed by atoms with van der Waals surface area (Å²) in [5.74, 6) is -0.607. The minimum absolute atomic E-state index is 0.00696. The van der Waals surface area contributed by atoms with Gasteiger partial charge in [-0.15, -0.1) is 11.3 Å². The molecule has 186 valence electrons. The molecular formula is C25H31N5O4S. The molecule has 1 aromatic heterocycles. The summed E-state index contributed by atoms with van der Waals surface area (Å²) in [5.41, 5.74) is 4.15. The number of piperazine rings is 1. The predicted octanol–water partition coefficient (Wildman–Crippen LogP) is 1.15. The van der Waals surface area contributed by atoms with Crippen molar-refractivity contribution in [2.75, 3.05) is 64.5 Å². The second kappa shape index (κ2) is 10.4. The lowest BCUT2D eigenvalue weighted by Gasteiger charge is -2.42. The molecule has 3 atom stereocenters. The Balaban J connectivity index is 1.30. The number of anilines is 1. The van der Waals surface area contributed by atoms with Gasteiger partial charge in [-0.2, -0.15) is 0 Å². The van der Waals surface area contributed by atoms with Crippen LogP contribution >= 0.6 is 11.3 Å². The van der Waals surface area contributed by atoms with Crippen LogP contribution in [0.1, 0.15) is 9.67 Å². The number of para-hydroxylation sites is 1. The smallest absolute Gasteiger partial charge is 0.264 e. The van der Waals surface area contributed by atoms with Crippen molar-refractivity contribution in [3.63, 3.8) is 0 Å². The fourth-order valence-corrected chi connectivity index (χ4v) is 5.95. The van der Waals surface area contributed by atoms with Crippen LogP contribution in [-0.4, -0.2) is 98.0 Å². The molecule has 0 spiro atoms. The highest BCUT2D eigenvalue weighted by atomic mass is 32.1. The summed E-state index contributed by atoms with van der Waals surface area (Å²) in [7, 11) is 1.66. The number of rotatable bonds is 6. The van der Waals surface area contributed by atoms with E-state index in [1.807, 2.05) is 57.6 Å². The maximum atomic E-state index is 13.8. The fourth-order valence-electron chi connectivity index (χ4n) is 5.26. The van der Waals surface area contributed by atoms with E-state index in [1.54, 1.807) is 12.1 Å². The number of hydrazine groups is 1. The van der Waals surface area contributed by atoms with Crippen molar-refractivity contribution in [1.82, 2.24) is 20.1 Å². The molecule has 0 radical (unpaired) electrons. The van der Waals surface area contributed by atoms with E-state index >= 15 is 0 Å². The van der Waals surface area contributed by atoms with Gasteiger partial charge < -0.3 is 14.5 Å². The number of hydrogen-bond acceptors (Lipinski definition) is 7. The van der Waals surface area contributed by atoms with Crippen LogP contribution in [0, 0.1) is 11.8 Å². The van der Waals surface area contributed by atoms with Gasteiger partial charge in [-0.05, 0) is 23.6 Å². The van der Waals surface area contributed by atoms with E-state index in [1.165, 1.54) is 11.3 Å². The monoisotopic (exact) mass is 497 g/mol. The molecule has 35 heavy (non-hydrogen) atoms. The number of carbonyl (C=O) groups is 3. The molecule has 0 bridgehead atoms. The van der Waals surface area contributed by atoms with E-state index in [0.29, 0.717) is 52.4 Å². The van der Waals surface area contributed by atoms with Gasteiger partial charge in [0.15, 0.2) is 0 Å². The lowest BCUT2D eigenvalue weighted by atomic mass is 9.83. The first-order chi connectivity index (χ1) is 17.1. The minimum atomic E-state index is -0.359. The summed E-state index contributed by atoms with van der Waals surface area (Å²) in [5, 5.41) is 3.50. The van der Waals surface area contributed by atoms with Crippen molar-refractivity contribution in [3.05, 3.63) is 52.7 Å². The van der Waals surface area contributed by atoms with Gasteiger partial charge in [0, 0.05) is 52.9 Å². The third-order valence-electron chi connectivity index (χ3n) is 7.15. The van der Waals surface area contributed by atoms with Crippen molar-refractivity contribution in [2.45, 2.75) is 6.04 Å². The van der Waals surface area contributed by atoms with Gasteiger partial charge in [0.05, 0.1) is 35.0 Å². The van der Waals surface area contributed by atoms with E-state index < -0.39 is 0 Å². The van der Waals surface area contributed by atoms with Crippen LogP contribution in [0.25, 0.3) is 0 Å². The summed E-state index contributed by atoms with van der Waals surface area (Å²) in [6, 6.07) is 13.0. The number of ether oxygens (including phenoxy) is 1. The van der Waals surface area contributed by atoms with Crippen LogP contribution in [0.3, 0.4) is 0 Å². The Morgan fingerprint density at radius 2 is 1.77 bits per heavy atom. The third kappa shape index (κ3) is 4.84. The first kappa shape index (κ1) is 23.9. The molecule has 3 aliphatic heterocycles. The molecule has 4 heterocycles. The highest BCUT2D eigenvalue weighted by molar-refractivity contribution is 7.12. The fraction of sp³-hybridized carbons (Fsp3) is 0.480. The molecule has 3 unspecified atom stereocenters. The summed E-state index contributed by atoms with van der Waals surface area (Å²) < 4.78 is 5.27. The Hall–Kier alpha value is -2.79. The number of likely N-dealkylation sites (tertiary alicyclic amines) is 1. The molecular weight excluding hydrogens is 466 g/mol. The standard InChI is InChI=1S/C25H31N5O4S/c1-34-14-13-27-16-19(22-20(17-27)24(32)30(26-22)18-6-3-2-4-7-18)23(31)28-9-11-29(12-10-28)25(33)21-8-5-15-35-21/h2-8,15,19-20,22,26H,9-14,16-17H2,1H3. The van der Waals surface area contributed by atoms with Crippen molar-refractivity contribution < 1.29 is 19.1 Å². The average Bonchev–Trinajstić information content (AvgIpc) is 3.56. The normalized spacial score (nSPS) is 25.1. The molecule has 3 fully saturated rings. The largest absolute Gasteiger partial charge is 0.383 e. The SMILES string of the molecule is COCCN1CC(C(=O)N2CCN(C(=O)c3cccs3)CC2)C2NN(c3ccccc3)C(=O)C2C1. The highest BCUT2D eigenvalue weighted by Crippen LogP contribution is 2.33. The van der Waals surface area contributed by atoms with E-state index in [-0.39, 0.29) is 35.6 Å². The molecule has 3 amide bonds. The molecule has 0 aliphatic carbocycles. The van der Waals surface area contributed by atoms with Crippen LogP contribution < -0.4 is 10.4 Å². The Kier molecular flexibility index (Phi) is 7.14. The molecule has 5 rings (SSSR count). The molecule has 0 saturated carbocycles. The quantitative estimate of drug-likeness (QED) is 0.645. The third-order valence-corrected chi connectivity index (χ3v) is 8.00. The van der Waals surface area contributed by atoms with E-state index in [4.69, 9.17) is 4.74 Å². The summed E-state index contributed by atoms with van der Waals surface area (Å²) in [6.07, 6.45) is 0. The molecule has 9 nitrogen and oxygen atoms in total. The van der Waals surface area contributed by atoms with Gasteiger partial charge in [-0.1, -0.05) is 24.3 Å². The first-order valence-corrected chi connectivity index (χ1v) is 12.9. The Morgan fingerprint density at radius 3 is 2.46 bits per heavy atom. The Bertz CT molecular complexity index is 1040. The zero-order chi connectivity index (χ0) is 24.4. The average molecular weight is 498 g/mol.